The molecule has 2 rings (SSSR count). The van der Waals surface area contributed by atoms with Gasteiger partial charge in [-0.15, -0.1) is 0 Å². The molecule has 1 aromatic rings. The summed E-state index contributed by atoms with van der Waals surface area (Å²) in [7, 11) is 1.68. The van der Waals surface area contributed by atoms with Crippen LogP contribution in [0.2, 0.25) is 0 Å². The number of methoxy groups -OCH3 is 1. The van der Waals surface area contributed by atoms with Gasteiger partial charge in [0.15, 0.2) is 0 Å². The lowest BCUT2D eigenvalue weighted by Gasteiger charge is -2.42. The number of hydrogen-bond acceptors (Lipinski definition) is 4. The molecule has 19 heavy (non-hydrogen) atoms. The Kier molecular flexibility index (Phi) is 3.56. The van der Waals surface area contributed by atoms with Crippen LogP contribution in [0, 0.1) is 6.92 Å². The zero-order valence-corrected chi connectivity index (χ0v) is 12.7. The fourth-order valence-corrected chi connectivity index (χ4v) is 2.80. The van der Waals surface area contributed by atoms with Crippen LogP contribution in [0.4, 0.5) is 0 Å². The van der Waals surface area contributed by atoms with Crippen LogP contribution in [0.1, 0.15) is 57.1 Å². The lowest BCUT2D eigenvalue weighted by atomic mass is 9.64. The molecule has 1 saturated carbocycles. The van der Waals surface area contributed by atoms with E-state index in [-0.39, 0.29) is 10.8 Å². The molecule has 0 aliphatic heterocycles. The molecule has 1 aliphatic rings. The largest absolute Gasteiger partial charge is 0.481 e. The predicted molar refractivity (Wildman–Crippen MR) is 76.6 cm³/mol. The molecule has 0 spiro atoms. The molecule has 2 N–H and O–H groups in total. The van der Waals surface area contributed by atoms with E-state index in [0.29, 0.717) is 12.4 Å². The first-order valence-electron chi connectivity index (χ1n) is 6.98. The molecule has 0 radical (unpaired) electrons. The van der Waals surface area contributed by atoms with Gasteiger partial charge in [0.05, 0.1) is 7.11 Å². The minimum absolute atomic E-state index is 0.0336. The van der Waals surface area contributed by atoms with Crippen LogP contribution in [0.3, 0.4) is 0 Å². The maximum atomic E-state index is 6.01. The van der Waals surface area contributed by atoms with Crippen molar-refractivity contribution in [1.29, 1.82) is 0 Å². The van der Waals surface area contributed by atoms with Crippen LogP contribution in [0.25, 0.3) is 0 Å². The van der Waals surface area contributed by atoms with Crippen molar-refractivity contribution in [3.8, 4) is 5.88 Å². The van der Waals surface area contributed by atoms with Gasteiger partial charge >= 0.3 is 0 Å². The second-order valence-corrected chi connectivity index (χ2v) is 6.60. The lowest BCUT2D eigenvalue weighted by molar-refractivity contribution is 0.237. The van der Waals surface area contributed by atoms with Crippen LogP contribution < -0.4 is 10.5 Å². The SMILES string of the molecule is COc1nc(C(C)(C)C)nc(C)c1C1(CN)CCC1. The Balaban J connectivity index is 2.56. The van der Waals surface area contributed by atoms with E-state index in [9.17, 15) is 0 Å². The van der Waals surface area contributed by atoms with Gasteiger partial charge in [-0.25, -0.2) is 4.98 Å². The van der Waals surface area contributed by atoms with Crippen molar-refractivity contribution >= 4 is 0 Å². The zero-order valence-electron chi connectivity index (χ0n) is 12.7. The highest BCUT2D eigenvalue weighted by molar-refractivity contribution is 5.41. The lowest BCUT2D eigenvalue weighted by Crippen LogP contribution is -2.43. The third-order valence-corrected chi connectivity index (χ3v) is 4.15. The first-order chi connectivity index (χ1) is 8.84. The Morgan fingerprint density at radius 3 is 2.26 bits per heavy atom. The molecular formula is C15H25N3O. The molecule has 1 aromatic heterocycles. The molecule has 0 bridgehead atoms. The van der Waals surface area contributed by atoms with E-state index in [4.69, 9.17) is 15.5 Å². The molecule has 0 saturated heterocycles. The van der Waals surface area contributed by atoms with Gasteiger partial charge in [-0.1, -0.05) is 27.2 Å². The Bertz CT molecular complexity index is 468. The van der Waals surface area contributed by atoms with Crippen LogP contribution in [-0.2, 0) is 10.8 Å². The van der Waals surface area contributed by atoms with Gasteiger partial charge in [-0.3, -0.25) is 0 Å². The summed E-state index contributed by atoms with van der Waals surface area (Å²) in [5, 5.41) is 0. The molecule has 1 fully saturated rings. The van der Waals surface area contributed by atoms with E-state index in [0.717, 1.165) is 29.9 Å². The summed E-state index contributed by atoms with van der Waals surface area (Å²) >= 11 is 0. The van der Waals surface area contributed by atoms with Crippen molar-refractivity contribution < 1.29 is 4.74 Å². The van der Waals surface area contributed by atoms with E-state index >= 15 is 0 Å². The number of nitrogens with two attached hydrogens (primary N) is 1. The molecular weight excluding hydrogens is 238 g/mol. The summed E-state index contributed by atoms with van der Waals surface area (Å²) in [6.07, 6.45) is 3.44. The second kappa shape index (κ2) is 4.75. The van der Waals surface area contributed by atoms with E-state index in [1.165, 1.54) is 6.42 Å². The van der Waals surface area contributed by atoms with Crippen LogP contribution in [0.15, 0.2) is 0 Å². The molecule has 0 atom stereocenters. The standard InChI is InChI=1S/C15H25N3O/c1-10-11(15(9-16)7-6-8-15)12(19-5)18-13(17-10)14(2,3)4/h6-9,16H2,1-5H3. The van der Waals surface area contributed by atoms with Crippen molar-refractivity contribution in [3.05, 3.63) is 17.1 Å². The zero-order chi connectivity index (χ0) is 14.3. The molecule has 0 aromatic carbocycles. The smallest absolute Gasteiger partial charge is 0.220 e. The van der Waals surface area contributed by atoms with E-state index in [1.54, 1.807) is 7.11 Å². The van der Waals surface area contributed by atoms with Gasteiger partial charge in [0.1, 0.15) is 5.82 Å². The Hall–Kier alpha value is -1.16. The molecule has 1 aliphatic carbocycles. The minimum Gasteiger partial charge on any atom is -0.481 e. The molecule has 1 heterocycles. The topological polar surface area (TPSA) is 61.0 Å². The molecule has 4 nitrogen and oxygen atoms in total. The van der Waals surface area contributed by atoms with Gasteiger partial charge in [-0.2, -0.15) is 4.98 Å². The second-order valence-electron chi connectivity index (χ2n) is 6.60. The summed E-state index contributed by atoms with van der Waals surface area (Å²) in [5.74, 6) is 1.54. The summed E-state index contributed by atoms with van der Waals surface area (Å²) in [6.45, 7) is 9.03. The summed E-state index contributed by atoms with van der Waals surface area (Å²) in [4.78, 5) is 9.33. The van der Waals surface area contributed by atoms with E-state index in [1.807, 2.05) is 6.92 Å². The van der Waals surface area contributed by atoms with Crippen molar-refractivity contribution in [2.75, 3.05) is 13.7 Å². The quantitative estimate of drug-likeness (QED) is 0.910. The maximum Gasteiger partial charge on any atom is 0.220 e. The summed E-state index contributed by atoms with van der Waals surface area (Å²) in [5.41, 5.74) is 8.10. The predicted octanol–water partition coefficient (Wildman–Crippen LogP) is 2.47. The first-order valence-corrected chi connectivity index (χ1v) is 6.98. The average Bonchev–Trinajstić information content (AvgIpc) is 2.28. The average molecular weight is 263 g/mol. The summed E-state index contributed by atoms with van der Waals surface area (Å²) < 4.78 is 5.54. The van der Waals surface area contributed by atoms with Gasteiger partial charge in [0, 0.05) is 28.6 Å². The molecule has 106 valence electrons. The number of aryl methyl sites for hydroxylation is 1. The summed E-state index contributed by atoms with van der Waals surface area (Å²) in [6, 6.07) is 0. The minimum atomic E-state index is -0.0773. The van der Waals surface area contributed by atoms with Crippen molar-refractivity contribution in [3.63, 3.8) is 0 Å². The fourth-order valence-electron chi connectivity index (χ4n) is 2.80. The number of nitrogens with zero attached hydrogens (tertiary/aromatic N) is 2. The Labute approximate surface area is 115 Å². The first kappa shape index (κ1) is 14.3. The fraction of sp³-hybridized carbons (Fsp3) is 0.733. The van der Waals surface area contributed by atoms with Gasteiger partial charge in [-0.05, 0) is 19.8 Å². The normalized spacial score (nSPS) is 18.0. The van der Waals surface area contributed by atoms with Gasteiger partial charge in [0.25, 0.3) is 0 Å². The molecule has 0 unspecified atom stereocenters. The monoisotopic (exact) mass is 263 g/mol. The van der Waals surface area contributed by atoms with Crippen LogP contribution in [0.5, 0.6) is 5.88 Å². The number of ether oxygens (including phenoxy) is 1. The van der Waals surface area contributed by atoms with Crippen LogP contribution >= 0.6 is 0 Å². The Morgan fingerprint density at radius 1 is 1.26 bits per heavy atom. The van der Waals surface area contributed by atoms with E-state index < -0.39 is 0 Å². The highest BCUT2D eigenvalue weighted by Gasteiger charge is 2.42. The van der Waals surface area contributed by atoms with Crippen LogP contribution in [-0.4, -0.2) is 23.6 Å². The number of hydrogen-bond donors (Lipinski definition) is 1. The number of rotatable bonds is 3. The highest BCUT2D eigenvalue weighted by atomic mass is 16.5. The Morgan fingerprint density at radius 2 is 1.89 bits per heavy atom. The third-order valence-electron chi connectivity index (χ3n) is 4.15. The highest BCUT2D eigenvalue weighted by Crippen LogP contribution is 2.47. The van der Waals surface area contributed by atoms with E-state index in [2.05, 4.69) is 25.8 Å². The third kappa shape index (κ3) is 2.34. The molecule has 4 heteroatoms. The van der Waals surface area contributed by atoms with Gasteiger partial charge in [0.2, 0.25) is 5.88 Å². The van der Waals surface area contributed by atoms with Crippen molar-refractivity contribution in [2.24, 2.45) is 5.73 Å². The number of aromatic nitrogens is 2. The maximum absolute atomic E-state index is 6.01. The van der Waals surface area contributed by atoms with Crippen molar-refractivity contribution in [2.45, 2.75) is 57.8 Å². The molecule has 0 amide bonds. The van der Waals surface area contributed by atoms with Gasteiger partial charge < -0.3 is 10.5 Å². The van der Waals surface area contributed by atoms with Crippen molar-refractivity contribution in [1.82, 2.24) is 9.97 Å².